The maximum atomic E-state index is 5.96. The molecule has 19 heavy (non-hydrogen) atoms. The molecule has 1 unspecified atom stereocenters. The molecule has 0 saturated heterocycles. The van der Waals surface area contributed by atoms with Crippen LogP contribution in [0.4, 0.5) is 28.4 Å². The summed E-state index contributed by atoms with van der Waals surface area (Å²) >= 11 is 0. The first kappa shape index (κ1) is 12.9. The molecule has 0 heterocycles. The Hall–Kier alpha value is -2.56. The second kappa shape index (κ2) is 4.97. The van der Waals surface area contributed by atoms with E-state index in [1.54, 1.807) is 24.3 Å². The molecule has 0 amide bonds. The van der Waals surface area contributed by atoms with E-state index in [-0.39, 0.29) is 6.04 Å². The smallest absolute Gasteiger partial charge is 0.0580 e. The summed E-state index contributed by atoms with van der Waals surface area (Å²) < 4.78 is 0. The zero-order chi connectivity index (χ0) is 14.0. The second-order valence-corrected chi connectivity index (χ2v) is 4.60. The van der Waals surface area contributed by atoms with Gasteiger partial charge in [0.15, 0.2) is 0 Å². The summed E-state index contributed by atoms with van der Waals surface area (Å²) in [7, 11) is 0. The molecule has 0 radical (unpaired) electrons. The molecule has 1 atom stereocenters. The number of rotatable bonds is 3. The first-order chi connectivity index (χ1) is 8.97. The van der Waals surface area contributed by atoms with Crippen molar-refractivity contribution in [3.8, 4) is 0 Å². The lowest BCUT2D eigenvalue weighted by atomic mass is 10.0. The SMILES string of the molecule is CC(Nc1ccc(N)cc1N)c1cc(N)ccc1N. The van der Waals surface area contributed by atoms with Gasteiger partial charge < -0.3 is 28.3 Å². The maximum absolute atomic E-state index is 5.96. The first-order valence-electron chi connectivity index (χ1n) is 6.04. The van der Waals surface area contributed by atoms with Gasteiger partial charge in [0.25, 0.3) is 0 Å². The molecule has 0 bridgehead atoms. The van der Waals surface area contributed by atoms with Crippen molar-refractivity contribution in [2.45, 2.75) is 13.0 Å². The minimum absolute atomic E-state index is 0.00516. The topological polar surface area (TPSA) is 116 Å². The number of nitrogen functional groups attached to an aromatic ring is 4. The normalized spacial score (nSPS) is 12.1. The Morgan fingerprint density at radius 1 is 0.842 bits per heavy atom. The predicted octanol–water partition coefficient (Wildman–Crippen LogP) is 2.19. The van der Waals surface area contributed by atoms with Crippen LogP contribution in [0.5, 0.6) is 0 Å². The summed E-state index contributed by atoms with van der Waals surface area (Å²) in [6.45, 7) is 2.00. The number of hydrogen-bond donors (Lipinski definition) is 5. The number of nitrogens with two attached hydrogens (primary N) is 4. The average Bonchev–Trinajstić information content (AvgIpc) is 2.35. The van der Waals surface area contributed by atoms with Crippen LogP contribution in [0.15, 0.2) is 36.4 Å². The highest BCUT2D eigenvalue weighted by molar-refractivity contribution is 5.71. The molecule has 0 aromatic heterocycles. The van der Waals surface area contributed by atoms with Crippen LogP contribution in [0, 0.1) is 0 Å². The molecule has 2 rings (SSSR count). The van der Waals surface area contributed by atoms with Gasteiger partial charge in [0.1, 0.15) is 0 Å². The van der Waals surface area contributed by atoms with Crippen molar-refractivity contribution in [3.05, 3.63) is 42.0 Å². The van der Waals surface area contributed by atoms with Crippen LogP contribution in [0.2, 0.25) is 0 Å². The van der Waals surface area contributed by atoms with Crippen LogP contribution < -0.4 is 28.3 Å². The molecule has 2 aromatic rings. The Morgan fingerprint density at radius 3 is 2.16 bits per heavy atom. The lowest BCUT2D eigenvalue weighted by molar-refractivity contribution is 0.889. The molecule has 0 spiro atoms. The Balaban J connectivity index is 2.25. The van der Waals surface area contributed by atoms with E-state index in [0.29, 0.717) is 22.7 Å². The molecule has 0 saturated carbocycles. The van der Waals surface area contributed by atoms with E-state index in [9.17, 15) is 0 Å². The number of nitrogens with one attached hydrogen (secondary N) is 1. The van der Waals surface area contributed by atoms with E-state index in [1.807, 2.05) is 19.1 Å². The van der Waals surface area contributed by atoms with Gasteiger partial charge in [-0.3, -0.25) is 0 Å². The number of anilines is 5. The fourth-order valence-corrected chi connectivity index (χ4v) is 1.99. The third-order valence-electron chi connectivity index (χ3n) is 3.02. The standard InChI is InChI=1S/C14H19N5/c1-8(11-6-9(15)2-4-12(11)17)19-14-5-3-10(16)7-13(14)18/h2-8,19H,15-18H2,1H3. The minimum atomic E-state index is -0.00516. The highest BCUT2D eigenvalue weighted by atomic mass is 14.9. The summed E-state index contributed by atoms with van der Waals surface area (Å²) in [5.74, 6) is 0. The Morgan fingerprint density at radius 2 is 1.47 bits per heavy atom. The van der Waals surface area contributed by atoms with Gasteiger partial charge in [0.05, 0.1) is 17.4 Å². The highest BCUT2D eigenvalue weighted by Crippen LogP contribution is 2.29. The van der Waals surface area contributed by atoms with Crippen molar-refractivity contribution in [2.24, 2.45) is 0 Å². The average molecular weight is 257 g/mol. The zero-order valence-corrected chi connectivity index (χ0v) is 10.9. The van der Waals surface area contributed by atoms with Crippen LogP contribution >= 0.6 is 0 Å². The Kier molecular flexibility index (Phi) is 3.37. The van der Waals surface area contributed by atoms with Crippen molar-refractivity contribution in [1.29, 1.82) is 0 Å². The fourth-order valence-electron chi connectivity index (χ4n) is 1.99. The third-order valence-corrected chi connectivity index (χ3v) is 3.02. The van der Waals surface area contributed by atoms with Gasteiger partial charge in [-0.1, -0.05) is 0 Å². The largest absolute Gasteiger partial charge is 0.399 e. The number of benzene rings is 2. The van der Waals surface area contributed by atoms with E-state index in [4.69, 9.17) is 22.9 Å². The highest BCUT2D eigenvalue weighted by Gasteiger charge is 2.11. The summed E-state index contributed by atoms with van der Waals surface area (Å²) in [5.41, 5.74) is 27.7. The van der Waals surface area contributed by atoms with Gasteiger partial charge in [-0.25, -0.2) is 0 Å². The van der Waals surface area contributed by atoms with Gasteiger partial charge in [-0.15, -0.1) is 0 Å². The quantitative estimate of drug-likeness (QED) is 0.540. The van der Waals surface area contributed by atoms with Gasteiger partial charge >= 0.3 is 0 Å². The summed E-state index contributed by atoms with van der Waals surface area (Å²) in [5, 5.41) is 3.31. The van der Waals surface area contributed by atoms with Crippen molar-refractivity contribution in [2.75, 3.05) is 28.3 Å². The first-order valence-corrected chi connectivity index (χ1v) is 6.04. The van der Waals surface area contributed by atoms with E-state index in [1.165, 1.54) is 0 Å². The molecule has 0 fully saturated rings. The Bertz CT molecular complexity index is 594. The van der Waals surface area contributed by atoms with E-state index in [0.717, 1.165) is 11.3 Å². The monoisotopic (exact) mass is 257 g/mol. The molecular formula is C14H19N5. The van der Waals surface area contributed by atoms with Crippen molar-refractivity contribution in [1.82, 2.24) is 0 Å². The molecule has 9 N–H and O–H groups in total. The van der Waals surface area contributed by atoms with Crippen LogP contribution in [-0.4, -0.2) is 0 Å². The van der Waals surface area contributed by atoms with Gasteiger partial charge in [-0.05, 0) is 48.9 Å². The van der Waals surface area contributed by atoms with Crippen LogP contribution in [0.3, 0.4) is 0 Å². The van der Waals surface area contributed by atoms with Crippen LogP contribution in [0.1, 0.15) is 18.5 Å². The van der Waals surface area contributed by atoms with E-state index in [2.05, 4.69) is 5.32 Å². The zero-order valence-electron chi connectivity index (χ0n) is 10.9. The molecule has 2 aromatic carbocycles. The minimum Gasteiger partial charge on any atom is -0.399 e. The molecule has 0 aliphatic rings. The molecule has 0 aliphatic carbocycles. The number of hydrogen-bond acceptors (Lipinski definition) is 5. The maximum Gasteiger partial charge on any atom is 0.0580 e. The van der Waals surface area contributed by atoms with Gasteiger partial charge in [0.2, 0.25) is 0 Å². The van der Waals surface area contributed by atoms with Crippen molar-refractivity contribution >= 4 is 28.4 Å². The molecule has 5 heteroatoms. The van der Waals surface area contributed by atoms with E-state index < -0.39 is 0 Å². The molecular weight excluding hydrogens is 238 g/mol. The van der Waals surface area contributed by atoms with E-state index >= 15 is 0 Å². The predicted molar refractivity (Wildman–Crippen MR) is 82.6 cm³/mol. The molecule has 5 nitrogen and oxygen atoms in total. The fraction of sp³-hybridized carbons (Fsp3) is 0.143. The van der Waals surface area contributed by atoms with Crippen molar-refractivity contribution < 1.29 is 0 Å². The lowest BCUT2D eigenvalue weighted by Gasteiger charge is -2.19. The summed E-state index contributed by atoms with van der Waals surface area (Å²) in [6, 6.07) is 10.8. The molecule has 100 valence electrons. The van der Waals surface area contributed by atoms with Gasteiger partial charge in [-0.2, -0.15) is 0 Å². The lowest BCUT2D eigenvalue weighted by Crippen LogP contribution is -2.11. The van der Waals surface area contributed by atoms with Crippen molar-refractivity contribution in [3.63, 3.8) is 0 Å². The summed E-state index contributed by atoms with van der Waals surface area (Å²) in [4.78, 5) is 0. The summed E-state index contributed by atoms with van der Waals surface area (Å²) in [6.07, 6.45) is 0. The molecule has 0 aliphatic heterocycles. The van der Waals surface area contributed by atoms with Crippen LogP contribution in [0.25, 0.3) is 0 Å². The van der Waals surface area contributed by atoms with Gasteiger partial charge in [0, 0.05) is 17.1 Å². The Labute approximate surface area is 112 Å². The van der Waals surface area contributed by atoms with Crippen LogP contribution in [-0.2, 0) is 0 Å². The second-order valence-electron chi connectivity index (χ2n) is 4.60. The third kappa shape index (κ3) is 2.82.